The van der Waals surface area contributed by atoms with Crippen LogP contribution in [0.3, 0.4) is 0 Å². The smallest absolute Gasteiger partial charge is 0.271 e. The number of hydrogen-bond donors (Lipinski definition) is 2. The van der Waals surface area contributed by atoms with Crippen molar-refractivity contribution in [2.24, 2.45) is 0 Å². The van der Waals surface area contributed by atoms with Crippen LogP contribution in [0.2, 0.25) is 0 Å². The van der Waals surface area contributed by atoms with Crippen LogP contribution in [0.25, 0.3) is 0 Å². The monoisotopic (exact) mass is 364 g/mol. The summed E-state index contributed by atoms with van der Waals surface area (Å²) in [5.41, 5.74) is 4.49. The zero-order chi connectivity index (χ0) is 19.2. The molecule has 6 heteroatoms. The summed E-state index contributed by atoms with van der Waals surface area (Å²) in [5.74, 6) is 0.0158. The maximum Gasteiger partial charge on any atom is 0.271 e. The lowest BCUT2D eigenvalue weighted by atomic mass is 10.1. The Hall–Kier alpha value is -3.28. The number of nitrogens with one attached hydrogen (secondary N) is 2. The lowest BCUT2D eigenvalue weighted by Gasteiger charge is -2.11. The third kappa shape index (κ3) is 4.88. The second-order valence-corrected chi connectivity index (χ2v) is 6.29. The van der Waals surface area contributed by atoms with Crippen LogP contribution in [-0.2, 0) is 6.42 Å². The lowest BCUT2D eigenvalue weighted by Crippen LogP contribution is -2.26. The Balaban J connectivity index is 1.55. The number of carbonyl (C=O) groups is 1. The van der Waals surface area contributed by atoms with Gasteiger partial charge >= 0.3 is 0 Å². The van der Waals surface area contributed by atoms with Crippen molar-refractivity contribution in [3.63, 3.8) is 0 Å². The Morgan fingerprint density at radius 3 is 2.52 bits per heavy atom. The molecule has 0 fully saturated rings. The molecule has 0 aliphatic heterocycles. The van der Waals surface area contributed by atoms with E-state index in [0.29, 0.717) is 18.8 Å². The molecular formula is C21H21FN4O. The molecule has 0 unspecified atom stereocenters. The van der Waals surface area contributed by atoms with Crippen molar-refractivity contribution in [3.05, 3.63) is 83.1 Å². The van der Waals surface area contributed by atoms with Gasteiger partial charge in [-0.15, -0.1) is 0 Å². The molecule has 2 N–H and O–H groups in total. The van der Waals surface area contributed by atoms with Gasteiger partial charge in [0.15, 0.2) is 0 Å². The van der Waals surface area contributed by atoms with Crippen molar-refractivity contribution in [2.45, 2.75) is 20.3 Å². The number of anilines is 2. The van der Waals surface area contributed by atoms with Crippen LogP contribution in [0.15, 0.2) is 54.9 Å². The van der Waals surface area contributed by atoms with Crippen molar-refractivity contribution in [1.82, 2.24) is 15.3 Å². The maximum absolute atomic E-state index is 12.9. The highest BCUT2D eigenvalue weighted by atomic mass is 19.1. The first kappa shape index (κ1) is 18.5. The molecule has 0 atom stereocenters. The Morgan fingerprint density at radius 1 is 1.04 bits per heavy atom. The Morgan fingerprint density at radius 2 is 1.81 bits per heavy atom. The number of amides is 1. The van der Waals surface area contributed by atoms with E-state index in [1.165, 1.54) is 30.1 Å². The molecule has 3 rings (SSSR count). The topological polar surface area (TPSA) is 66.9 Å². The molecule has 0 aliphatic rings. The van der Waals surface area contributed by atoms with E-state index < -0.39 is 0 Å². The molecule has 0 saturated carbocycles. The molecule has 1 amide bonds. The first-order valence-electron chi connectivity index (χ1n) is 8.71. The van der Waals surface area contributed by atoms with Crippen molar-refractivity contribution >= 4 is 17.4 Å². The maximum atomic E-state index is 12.9. The summed E-state index contributed by atoms with van der Waals surface area (Å²) in [6.07, 6.45) is 3.60. The molecule has 138 valence electrons. The number of aromatic nitrogens is 2. The lowest BCUT2D eigenvalue weighted by molar-refractivity contribution is 0.0949. The van der Waals surface area contributed by atoms with Gasteiger partial charge in [0.25, 0.3) is 5.91 Å². The van der Waals surface area contributed by atoms with Gasteiger partial charge in [-0.05, 0) is 55.2 Å². The van der Waals surface area contributed by atoms with Gasteiger partial charge in [-0.1, -0.05) is 24.3 Å². The molecular weight excluding hydrogens is 343 g/mol. The average molecular weight is 364 g/mol. The third-order valence-electron chi connectivity index (χ3n) is 4.36. The molecule has 0 bridgehead atoms. The number of aryl methyl sites for hydroxylation is 1. The Kier molecular flexibility index (Phi) is 5.76. The predicted octanol–water partition coefficient (Wildman–Crippen LogP) is 3.95. The zero-order valence-corrected chi connectivity index (χ0v) is 15.3. The minimum atomic E-state index is -0.289. The highest BCUT2D eigenvalue weighted by molar-refractivity contribution is 5.92. The number of hydrogen-bond acceptors (Lipinski definition) is 4. The van der Waals surface area contributed by atoms with E-state index in [1.807, 2.05) is 32.0 Å². The normalized spacial score (nSPS) is 10.5. The van der Waals surface area contributed by atoms with Crippen LogP contribution >= 0.6 is 0 Å². The van der Waals surface area contributed by atoms with Crippen LogP contribution in [0.5, 0.6) is 0 Å². The van der Waals surface area contributed by atoms with E-state index >= 15 is 0 Å². The van der Waals surface area contributed by atoms with Gasteiger partial charge in [-0.2, -0.15) is 0 Å². The number of benzene rings is 2. The van der Waals surface area contributed by atoms with E-state index in [0.717, 1.165) is 16.8 Å². The second kappa shape index (κ2) is 8.40. The van der Waals surface area contributed by atoms with Crippen molar-refractivity contribution in [1.29, 1.82) is 0 Å². The van der Waals surface area contributed by atoms with Gasteiger partial charge in [0.1, 0.15) is 17.3 Å². The van der Waals surface area contributed by atoms with Gasteiger partial charge < -0.3 is 10.6 Å². The predicted molar refractivity (Wildman–Crippen MR) is 104 cm³/mol. The van der Waals surface area contributed by atoms with Crippen LogP contribution in [0.1, 0.15) is 27.2 Å². The Bertz CT molecular complexity index is 924. The number of nitrogens with zero attached hydrogens (tertiary/aromatic N) is 2. The standard InChI is InChI=1S/C21H21FN4O/c1-14-4-3-5-18(15(14)2)26-20-13-24-19(12-25-20)21(27)23-11-10-16-6-8-17(22)9-7-16/h3-9,12-13H,10-11H2,1-2H3,(H,23,27)(H,25,26). The number of rotatable bonds is 6. The van der Waals surface area contributed by atoms with Crippen LogP contribution in [0, 0.1) is 19.7 Å². The highest BCUT2D eigenvalue weighted by Crippen LogP contribution is 2.21. The summed E-state index contributed by atoms with van der Waals surface area (Å²) in [4.78, 5) is 20.6. The fraction of sp³-hybridized carbons (Fsp3) is 0.190. The van der Waals surface area contributed by atoms with E-state index in [-0.39, 0.29) is 17.4 Å². The van der Waals surface area contributed by atoms with Crippen molar-refractivity contribution < 1.29 is 9.18 Å². The zero-order valence-electron chi connectivity index (χ0n) is 15.3. The van der Waals surface area contributed by atoms with E-state index in [2.05, 4.69) is 20.6 Å². The summed E-state index contributed by atoms with van der Waals surface area (Å²) in [5, 5.41) is 6.00. The fourth-order valence-electron chi connectivity index (χ4n) is 2.60. The van der Waals surface area contributed by atoms with E-state index in [1.54, 1.807) is 12.1 Å². The van der Waals surface area contributed by atoms with E-state index in [4.69, 9.17) is 0 Å². The molecule has 27 heavy (non-hydrogen) atoms. The van der Waals surface area contributed by atoms with Gasteiger partial charge in [0.05, 0.1) is 12.4 Å². The van der Waals surface area contributed by atoms with Gasteiger partial charge in [-0.3, -0.25) is 4.79 Å². The molecule has 2 aromatic carbocycles. The van der Waals surface area contributed by atoms with Crippen LogP contribution < -0.4 is 10.6 Å². The molecule has 0 spiro atoms. The largest absolute Gasteiger partial charge is 0.350 e. The molecule has 0 saturated heterocycles. The average Bonchev–Trinajstić information content (AvgIpc) is 2.67. The molecule has 5 nitrogen and oxygen atoms in total. The van der Waals surface area contributed by atoms with Crippen molar-refractivity contribution in [2.75, 3.05) is 11.9 Å². The molecule has 0 radical (unpaired) electrons. The number of halogens is 1. The van der Waals surface area contributed by atoms with E-state index in [9.17, 15) is 9.18 Å². The third-order valence-corrected chi connectivity index (χ3v) is 4.36. The minimum Gasteiger partial charge on any atom is -0.350 e. The Labute approximate surface area is 157 Å². The summed E-state index contributed by atoms with van der Waals surface area (Å²) in [6, 6.07) is 12.2. The van der Waals surface area contributed by atoms with Crippen LogP contribution in [-0.4, -0.2) is 22.4 Å². The fourth-order valence-corrected chi connectivity index (χ4v) is 2.60. The summed E-state index contributed by atoms with van der Waals surface area (Å²) in [6.45, 7) is 4.52. The SMILES string of the molecule is Cc1cccc(Nc2cnc(C(=O)NCCc3ccc(F)cc3)cn2)c1C. The molecule has 1 aromatic heterocycles. The molecule has 0 aliphatic carbocycles. The first-order valence-corrected chi connectivity index (χ1v) is 8.71. The summed E-state index contributed by atoms with van der Waals surface area (Å²) >= 11 is 0. The number of carbonyl (C=O) groups excluding carboxylic acids is 1. The second-order valence-electron chi connectivity index (χ2n) is 6.29. The highest BCUT2D eigenvalue weighted by Gasteiger charge is 2.08. The van der Waals surface area contributed by atoms with Crippen LogP contribution in [0.4, 0.5) is 15.9 Å². The van der Waals surface area contributed by atoms with Gasteiger partial charge in [-0.25, -0.2) is 14.4 Å². The van der Waals surface area contributed by atoms with Gasteiger partial charge in [0.2, 0.25) is 0 Å². The first-order chi connectivity index (χ1) is 13.0. The minimum absolute atomic E-state index is 0.251. The summed E-state index contributed by atoms with van der Waals surface area (Å²) < 4.78 is 12.9. The van der Waals surface area contributed by atoms with Gasteiger partial charge in [0, 0.05) is 12.2 Å². The molecule has 3 aromatic rings. The summed E-state index contributed by atoms with van der Waals surface area (Å²) in [7, 11) is 0. The molecule has 1 heterocycles. The quantitative estimate of drug-likeness (QED) is 0.695. The van der Waals surface area contributed by atoms with Crippen molar-refractivity contribution in [3.8, 4) is 0 Å².